The van der Waals surface area contributed by atoms with Gasteiger partial charge in [-0.05, 0) is 63.1 Å². The molecule has 0 unspecified atom stereocenters. The van der Waals surface area contributed by atoms with Crippen LogP contribution in [0.4, 0.5) is 0 Å². The van der Waals surface area contributed by atoms with E-state index in [4.69, 9.17) is 4.42 Å². The van der Waals surface area contributed by atoms with Gasteiger partial charge in [0.1, 0.15) is 0 Å². The highest BCUT2D eigenvalue weighted by atomic mass is 16.4. The Morgan fingerprint density at radius 3 is 2.42 bits per heavy atom. The van der Waals surface area contributed by atoms with E-state index in [1.165, 1.54) is 50.3 Å². The molecular formula is C26H38N4O. The summed E-state index contributed by atoms with van der Waals surface area (Å²) in [6, 6.07) is 8.27. The predicted molar refractivity (Wildman–Crippen MR) is 126 cm³/mol. The molecule has 168 valence electrons. The predicted octanol–water partition coefficient (Wildman–Crippen LogP) is 4.69. The standard InChI is InChI=1S/C26H38N4O/c1-18(2)24-15-22(20(4)14-23(24)17-30-12-10-29(5)11-13-30)16-25-27-28-26(31-25)21-8-6-19(3)7-9-21/h6-9,14,18,22-24H,10-13,15-17H2,1-5H3/t22-,23+,24+/m1/s1. The second-order valence-electron chi connectivity index (χ2n) is 10.1. The van der Waals surface area contributed by atoms with E-state index in [1.54, 1.807) is 0 Å². The van der Waals surface area contributed by atoms with Crippen molar-refractivity contribution in [2.24, 2.45) is 23.7 Å². The Balaban J connectivity index is 1.44. The number of nitrogens with zero attached hydrogens (tertiary/aromatic N) is 4. The molecule has 0 saturated carbocycles. The monoisotopic (exact) mass is 422 g/mol. The van der Waals surface area contributed by atoms with Gasteiger partial charge in [0.2, 0.25) is 11.8 Å². The van der Waals surface area contributed by atoms with Gasteiger partial charge in [-0.25, -0.2) is 0 Å². The fourth-order valence-electron chi connectivity index (χ4n) is 5.17. The molecule has 1 aromatic heterocycles. The number of benzene rings is 1. The van der Waals surface area contributed by atoms with Crippen LogP contribution in [0.25, 0.3) is 11.5 Å². The van der Waals surface area contributed by atoms with Crippen molar-refractivity contribution in [3.05, 3.63) is 47.4 Å². The molecule has 1 aliphatic carbocycles. The van der Waals surface area contributed by atoms with Gasteiger partial charge >= 0.3 is 0 Å². The van der Waals surface area contributed by atoms with E-state index in [0.29, 0.717) is 29.6 Å². The molecule has 4 rings (SSSR count). The molecule has 0 N–H and O–H groups in total. The highest BCUT2D eigenvalue weighted by Gasteiger charge is 2.33. The topological polar surface area (TPSA) is 45.4 Å². The van der Waals surface area contributed by atoms with Gasteiger partial charge in [0.05, 0.1) is 0 Å². The quantitative estimate of drug-likeness (QED) is 0.632. The van der Waals surface area contributed by atoms with Crippen LogP contribution in [0.1, 0.15) is 38.6 Å². The lowest BCUT2D eigenvalue weighted by Crippen LogP contribution is -2.47. The normalized spacial score (nSPS) is 25.7. The smallest absolute Gasteiger partial charge is 0.247 e. The Kier molecular flexibility index (Phi) is 6.92. The zero-order valence-electron chi connectivity index (χ0n) is 19.8. The van der Waals surface area contributed by atoms with Gasteiger partial charge in [-0.2, -0.15) is 0 Å². The Labute approximate surface area is 187 Å². The lowest BCUT2D eigenvalue weighted by molar-refractivity contribution is 0.112. The van der Waals surface area contributed by atoms with Crippen molar-refractivity contribution in [2.45, 2.75) is 40.5 Å². The van der Waals surface area contributed by atoms with Crippen molar-refractivity contribution < 1.29 is 4.42 Å². The lowest BCUT2D eigenvalue weighted by Gasteiger charge is -2.41. The van der Waals surface area contributed by atoms with E-state index in [-0.39, 0.29) is 0 Å². The summed E-state index contributed by atoms with van der Waals surface area (Å²) in [6.07, 6.45) is 4.61. The molecule has 0 amide bonds. The first kappa shape index (κ1) is 22.2. The maximum atomic E-state index is 6.05. The molecule has 1 aromatic carbocycles. The Morgan fingerprint density at radius 1 is 1.03 bits per heavy atom. The summed E-state index contributed by atoms with van der Waals surface area (Å²) in [4.78, 5) is 5.10. The van der Waals surface area contributed by atoms with Crippen LogP contribution >= 0.6 is 0 Å². The van der Waals surface area contributed by atoms with Crippen molar-refractivity contribution in [3.63, 3.8) is 0 Å². The highest BCUT2D eigenvalue weighted by molar-refractivity contribution is 5.52. The summed E-state index contributed by atoms with van der Waals surface area (Å²) in [5.74, 6) is 3.89. The van der Waals surface area contributed by atoms with Crippen LogP contribution in [-0.4, -0.2) is 59.8 Å². The van der Waals surface area contributed by atoms with Crippen LogP contribution in [0.15, 0.2) is 40.3 Å². The number of piperazine rings is 1. The maximum Gasteiger partial charge on any atom is 0.247 e. The number of likely N-dealkylation sites (N-methyl/N-ethyl adjacent to an activating group) is 1. The minimum atomic E-state index is 0.488. The molecule has 3 atom stereocenters. The van der Waals surface area contributed by atoms with Crippen LogP contribution in [0.2, 0.25) is 0 Å². The van der Waals surface area contributed by atoms with Gasteiger partial charge < -0.3 is 14.2 Å². The molecule has 1 fully saturated rings. The van der Waals surface area contributed by atoms with Crippen molar-refractivity contribution in [3.8, 4) is 11.5 Å². The van der Waals surface area contributed by atoms with E-state index in [2.05, 4.69) is 85.1 Å². The van der Waals surface area contributed by atoms with Crippen LogP contribution in [0.3, 0.4) is 0 Å². The molecule has 2 heterocycles. The fourth-order valence-corrected chi connectivity index (χ4v) is 5.17. The Hall–Kier alpha value is -1.98. The van der Waals surface area contributed by atoms with Crippen molar-refractivity contribution in [2.75, 3.05) is 39.8 Å². The minimum Gasteiger partial charge on any atom is -0.421 e. The van der Waals surface area contributed by atoms with Crippen molar-refractivity contribution in [1.82, 2.24) is 20.0 Å². The number of rotatable bonds is 6. The molecule has 5 nitrogen and oxygen atoms in total. The summed E-state index contributed by atoms with van der Waals surface area (Å²) < 4.78 is 6.05. The van der Waals surface area contributed by atoms with Gasteiger partial charge in [-0.15, -0.1) is 10.2 Å². The summed E-state index contributed by atoms with van der Waals surface area (Å²) in [7, 11) is 2.23. The summed E-state index contributed by atoms with van der Waals surface area (Å²) in [5, 5.41) is 8.69. The fraction of sp³-hybridized carbons (Fsp3) is 0.615. The third-order valence-electron chi connectivity index (χ3n) is 7.34. The lowest BCUT2D eigenvalue weighted by atomic mass is 9.69. The van der Waals surface area contributed by atoms with Crippen LogP contribution < -0.4 is 0 Å². The molecule has 0 spiro atoms. The average Bonchev–Trinajstić information content (AvgIpc) is 3.20. The second-order valence-corrected chi connectivity index (χ2v) is 10.1. The van der Waals surface area contributed by atoms with Gasteiger partial charge in [-0.1, -0.05) is 43.2 Å². The molecule has 5 heteroatoms. The minimum absolute atomic E-state index is 0.488. The number of aryl methyl sites for hydroxylation is 1. The van der Waals surface area contributed by atoms with E-state index in [9.17, 15) is 0 Å². The number of aromatic nitrogens is 2. The van der Waals surface area contributed by atoms with E-state index in [1.807, 2.05) is 0 Å². The third-order valence-corrected chi connectivity index (χ3v) is 7.34. The summed E-state index contributed by atoms with van der Waals surface area (Å²) >= 11 is 0. The second kappa shape index (κ2) is 9.66. The van der Waals surface area contributed by atoms with E-state index < -0.39 is 0 Å². The maximum absolute atomic E-state index is 6.05. The molecule has 1 aliphatic heterocycles. The van der Waals surface area contributed by atoms with Crippen LogP contribution in [0.5, 0.6) is 0 Å². The highest BCUT2D eigenvalue weighted by Crippen LogP contribution is 2.39. The largest absolute Gasteiger partial charge is 0.421 e. The van der Waals surface area contributed by atoms with Gasteiger partial charge in [0, 0.05) is 44.7 Å². The molecule has 31 heavy (non-hydrogen) atoms. The molecule has 2 aromatic rings. The average molecular weight is 423 g/mol. The van der Waals surface area contributed by atoms with Gasteiger partial charge in [0.15, 0.2) is 0 Å². The molecule has 2 aliphatic rings. The Bertz CT molecular complexity index is 877. The third kappa shape index (κ3) is 5.45. The van der Waals surface area contributed by atoms with E-state index in [0.717, 1.165) is 17.9 Å². The first-order valence-electron chi connectivity index (χ1n) is 11.9. The zero-order valence-corrected chi connectivity index (χ0v) is 19.8. The van der Waals surface area contributed by atoms with Crippen molar-refractivity contribution in [1.29, 1.82) is 0 Å². The molecule has 1 saturated heterocycles. The summed E-state index contributed by atoms with van der Waals surface area (Å²) in [5.41, 5.74) is 3.72. The molecule has 0 bridgehead atoms. The van der Waals surface area contributed by atoms with Gasteiger partial charge in [0.25, 0.3) is 0 Å². The van der Waals surface area contributed by atoms with Crippen molar-refractivity contribution >= 4 is 0 Å². The number of hydrogen-bond donors (Lipinski definition) is 0. The van der Waals surface area contributed by atoms with Crippen LogP contribution in [0, 0.1) is 30.6 Å². The molecular weight excluding hydrogens is 384 g/mol. The Morgan fingerprint density at radius 2 is 1.74 bits per heavy atom. The van der Waals surface area contributed by atoms with E-state index >= 15 is 0 Å². The molecule has 0 radical (unpaired) electrons. The first-order chi connectivity index (χ1) is 14.9. The zero-order chi connectivity index (χ0) is 22.0. The number of allylic oxidation sites excluding steroid dienone is 1. The summed E-state index contributed by atoms with van der Waals surface area (Å²) in [6.45, 7) is 15.1. The van der Waals surface area contributed by atoms with Gasteiger partial charge in [-0.3, -0.25) is 0 Å². The number of hydrogen-bond acceptors (Lipinski definition) is 5. The van der Waals surface area contributed by atoms with Crippen LogP contribution in [-0.2, 0) is 6.42 Å². The SMILES string of the molecule is CC1=C[C@@H](CN2CCN(C)CC2)[C@H](C(C)C)C[C@@H]1Cc1nnc(-c2ccc(C)cc2)o1. The first-order valence-corrected chi connectivity index (χ1v) is 11.9.